The third-order valence-corrected chi connectivity index (χ3v) is 2.98. The molecule has 0 bridgehead atoms. The first-order valence-electron chi connectivity index (χ1n) is 6.13. The van der Waals surface area contributed by atoms with Crippen LogP contribution >= 0.6 is 0 Å². The van der Waals surface area contributed by atoms with Gasteiger partial charge in [-0.25, -0.2) is 4.39 Å². The lowest BCUT2D eigenvalue weighted by Gasteiger charge is -2.09. The molecule has 0 unspecified atom stereocenters. The van der Waals surface area contributed by atoms with E-state index in [0.717, 1.165) is 11.6 Å². The molecule has 106 valence electrons. The van der Waals surface area contributed by atoms with Gasteiger partial charge in [-0.1, -0.05) is 0 Å². The molecular formula is C15H13FN4O. The molecule has 0 radical (unpaired) electrons. The Labute approximate surface area is 121 Å². The number of hydrazine groups is 1. The summed E-state index contributed by atoms with van der Waals surface area (Å²) in [6, 6.07) is 10.6. The van der Waals surface area contributed by atoms with Crippen molar-refractivity contribution >= 4 is 17.3 Å². The summed E-state index contributed by atoms with van der Waals surface area (Å²) in [5.74, 6) is 4.34. The quantitative estimate of drug-likeness (QED) is 0.596. The van der Waals surface area contributed by atoms with Crippen LogP contribution in [0, 0.1) is 24.1 Å². The van der Waals surface area contributed by atoms with Crippen LogP contribution in [-0.4, -0.2) is 5.91 Å². The fourth-order valence-electron chi connectivity index (χ4n) is 1.90. The molecule has 0 fully saturated rings. The van der Waals surface area contributed by atoms with Crippen LogP contribution in [0.5, 0.6) is 0 Å². The Morgan fingerprint density at radius 3 is 2.57 bits per heavy atom. The summed E-state index contributed by atoms with van der Waals surface area (Å²) >= 11 is 0. The summed E-state index contributed by atoms with van der Waals surface area (Å²) < 4.78 is 13.2. The van der Waals surface area contributed by atoms with Gasteiger partial charge in [0.1, 0.15) is 11.9 Å². The molecule has 0 aliphatic rings. The van der Waals surface area contributed by atoms with Crippen molar-refractivity contribution in [3.63, 3.8) is 0 Å². The summed E-state index contributed by atoms with van der Waals surface area (Å²) in [6.07, 6.45) is 0. The number of rotatable bonds is 3. The van der Waals surface area contributed by atoms with E-state index in [0.29, 0.717) is 16.9 Å². The molecule has 6 heteroatoms. The highest BCUT2D eigenvalue weighted by Gasteiger charge is 2.11. The normalized spacial score (nSPS) is 9.81. The molecule has 4 N–H and O–H groups in total. The van der Waals surface area contributed by atoms with Crippen LogP contribution < -0.4 is 16.6 Å². The van der Waals surface area contributed by atoms with Crippen LogP contribution in [0.3, 0.4) is 0 Å². The first-order chi connectivity index (χ1) is 10.0. The largest absolute Gasteiger partial charge is 0.324 e. The molecule has 2 aromatic rings. The molecule has 21 heavy (non-hydrogen) atoms. The number of carbonyl (C=O) groups excluding carboxylic acids is 1. The molecule has 5 nitrogen and oxygen atoms in total. The minimum atomic E-state index is -0.620. The van der Waals surface area contributed by atoms with E-state index in [1.807, 2.05) is 0 Å². The lowest BCUT2D eigenvalue weighted by atomic mass is 10.1. The molecule has 0 aromatic heterocycles. The number of nitriles is 1. The standard InChI is InChI=1S/C15H13FN4O/c1-9-6-12(20-18)2-4-13(9)15(21)19-11-3-5-14(16)10(7-11)8-17/h2-7,20H,18H2,1H3,(H,19,21). The average Bonchev–Trinajstić information content (AvgIpc) is 2.48. The van der Waals surface area contributed by atoms with Gasteiger partial charge < -0.3 is 10.7 Å². The third kappa shape index (κ3) is 3.16. The van der Waals surface area contributed by atoms with E-state index in [2.05, 4.69) is 10.7 Å². The third-order valence-electron chi connectivity index (χ3n) is 2.98. The van der Waals surface area contributed by atoms with Gasteiger partial charge in [0.25, 0.3) is 5.91 Å². The van der Waals surface area contributed by atoms with Crippen LogP contribution in [0.1, 0.15) is 21.5 Å². The van der Waals surface area contributed by atoms with Gasteiger partial charge in [0.05, 0.1) is 5.56 Å². The number of hydrogen-bond acceptors (Lipinski definition) is 4. The fourth-order valence-corrected chi connectivity index (χ4v) is 1.90. The molecule has 0 saturated carbocycles. The smallest absolute Gasteiger partial charge is 0.255 e. The molecule has 2 rings (SSSR count). The summed E-state index contributed by atoms with van der Waals surface area (Å²) in [5, 5.41) is 11.4. The zero-order valence-electron chi connectivity index (χ0n) is 11.3. The first kappa shape index (κ1) is 14.5. The monoisotopic (exact) mass is 284 g/mol. The lowest BCUT2D eigenvalue weighted by Crippen LogP contribution is -2.14. The van der Waals surface area contributed by atoms with Gasteiger partial charge in [0.15, 0.2) is 0 Å². The highest BCUT2D eigenvalue weighted by Crippen LogP contribution is 2.18. The molecular weight excluding hydrogens is 271 g/mol. The van der Waals surface area contributed by atoms with Gasteiger partial charge in [-0.2, -0.15) is 5.26 Å². The number of amides is 1. The van der Waals surface area contributed by atoms with Crippen LogP contribution in [0.15, 0.2) is 36.4 Å². The average molecular weight is 284 g/mol. The second-order valence-electron chi connectivity index (χ2n) is 4.43. The Hall–Kier alpha value is -2.91. The topological polar surface area (TPSA) is 90.9 Å². The van der Waals surface area contributed by atoms with E-state index >= 15 is 0 Å². The molecule has 0 heterocycles. The maximum Gasteiger partial charge on any atom is 0.255 e. The molecule has 0 saturated heterocycles. The van der Waals surface area contributed by atoms with Crippen molar-refractivity contribution in [3.8, 4) is 6.07 Å². The second-order valence-corrected chi connectivity index (χ2v) is 4.43. The number of hydrogen-bond donors (Lipinski definition) is 3. The maximum atomic E-state index is 13.2. The van der Waals surface area contributed by atoms with E-state index in [1.165, 1.54) is 12.1 Å². The van der Waals surface area contributed by atoms with Crippen molar-refractivity contribution in [1.82, 2.24) is 0 Å². The summed E-state index contributed by atoms with van der Waals surface area (Å²) in [4.78, 5) is 12.2. The number of nitrogen functional groups attached to an aromatic ring is 1. The molecule has 0 aliphatic carbocycles. The Bertz CT molecular complexity index is 737. The molecule has 0 aliphatic heterocycles. The first-order valence-corrected chi connectivity index (χ1v) is 6.13. The van der Waals surface area contributed by atoms with Crippen molar-refractivity contribution in [3.05, 3.63) is 58.9 Å². The van der Waals surface area contributed by atoms with Crippen molar-refractivity contribution in [2.75, 3.05) is 10.7 Å². The van der Waals surface area contributed by atoms with Gasteiger partial charge in [0.2, 0.25) is 0 Å². The van der Waals surface area contributed by atoms with Gasteiger partial charge >= 0.3 is 0 Å². The number of aryl methyl sites for hydroxylation is 1. The van der Waals surface area contributed by atoms with Crippen LogP contribution in [0.25, 0.3) is 0 Å². The lowest BCUT2D eigenvalue weighted by molar-refractivity contribution is 0.102. The predicted octanol–water partition coefficient (Wildman–Crippen LogP) is 2.54. The second kappa shape index (κ2) is 6.03. The highest BCUT2D eigenvalue weighted by molar-refractivity contribution is 6.05. The fraction of sp³-hybridized carbons (Fsp3) is 0.0667. The number of nitrogens with two attached hydrogens (primary N) is 1. The number of halogens is 1. The number of anilines is 2. The Kier molecular flexibility index (Phi) is 4.16. The van der Waals surface area contributed by atoms with Crippen LogP contribution in [-0.2, 0) is 0 Å². The zero-order chi connectivity index (χ0) is 15.4. The molecule has 1 amide bonds. The SMILES string of the molecule is Cc1cc(NN)ccc1C(=O)Nc1ccc(F)c(C#N)c1. The van der Waals surface area contributed by atoms with E-state index in [1.54, 1.807) is 31.2 Å². The Balaban J connectivity index is 2.24. The summed E-state index contributed by atoms with van der Waals surface area (Å²) in [7, 11) is 0. The number of nitrogens with zero attached hydrogens (tertiary/aromatic N) is 1. The molecule has 0 spiro atoms. The number of nitrogens with one attached hydrogen (secondary N) is 2. The van der Waals surface area contributed by atoms with Gasteiger partial charge in [0, 0.05) is 16.9 Å². The van der Waals surface area contributed by atoms with E-state index in [9.17, 15) is 9.18 Å². The van der Waals surface area contributed by atoms with E-state index < -0.39 is 5.82 Å². The van der Waals surface area contributed by atoms with Crippen LogP contribution in [0.2, 0.25) is 0 Å². The van der Waals surface area contributed by atoms with E-state index in [-0.39, 0.29) is 11.5 Å². The van der Waals surface area contributed by atoms with Crippen molar-refractivity contribution in [2.45, 2.75) is 6.92 Å². The highest BCUT2D eigenvalue weighted by atomic mass is 19.1. The Morgan fingerprint density at radius 2 is 1.95 bits per heavy atom. The van der Waals surface area contributed by atoms with E-state index in [4.69, 9.17) is 11.1 Å². The number of benzene rings is 2. The maximum absolute atomic E-state index is 13.2. The predicted molar refractivity (Wildman–Crippen MR) is 78.1 cm³/mol. The van der Waals surface area contributed by atoms with Crippen molar-refractivity contribution in [2.24, 2.45) is 5.84 Å². The molecule has 2 aromatic carbocycles. The van der Waals surface area contributed by atoms with Gasteiger partial charge in [-0.05, 0) is 48.9 Å². The molecule has 0 atom stereocenters. The Morgan fingerprint density at radius 1 is 1.24 bits per heavy atom. The minimum Gasteiger partial charge on any atom is -0.324 e. The van der Waals surface area contributed by atoms with Gasteiger partial charge in [-0.3, -0.25) is 10.6 Å². The zero-order valence-corrected chi connectivity index (χ0v) is 11.3. The van der Waals surface area contributed by atoms with Crippen molar-refractivity contribution in [1.29, 1.82) is 5.26 Å². The number of carbonyl (C=O) groups is 1. The van der Waals surface area contributed by atoms with Gasteiger partial charge in [-0.15, -0.1) is 0 Å². The summed E-state index contributed by atoms with van der Waals surface area (Å²) in [5.41, 5.74) is 4.64. The summed E-state index contributed by atoms with van der Waals surface area (Å²) in [6.45, 7) is 1.78. The van der Waals surface area contributed by atoms with Crippen molar-refractivity contribution < 1.29 is 9.18 Å². The minimum absolute atomic E-state index is 0.118. The van der Waals surface area contributed by atoms with Crippen LogP contribution in [0.4, 0.5) is 15.8 Å².